The molecule has 1 aliphatic carbocycles. The van der Waals surface area contributed by atoms with Gasteiger partial charge in [0.2, 0.25) is 5.91 Å². The summed E-state index contributed by atoms with van der Waals surface area (Å²) in [5.41, 5.74) is 5.69. The highest BCUT2D eigenvalue weighted by Crippen LogP contribution is 2.30. The molecule has 1 rings (SSSR count). The highest BCUT2D eigenvalue weighted by atomic mass is 16.5. The van der Waals surface area contributed by atoms with Gasteiger partial charge in [0.1, 0.15) is 0 Å². The molecular formula is C15H30N2O2. The van der Waals surface area contributed by atoms with Crippen LogP contribution in [0.15, 0.2) is 0 Å². The first-order valence-corrected chi connectivity index (χ1v) is 7.67. The van der Waals surface area contributed by atoms with E-state index in [1.807, 2.05) is 0 Å². The number of nitrogens with two attached hydrogens (primary N) is 1. The minimum Gasteiger partial charge on any atom is -0.383 e. The summed E-state index contributed by atoms with van der Waals surface area (Å²) in [6, 6.07) is 0.169. The lowest BCUT2D eigenvalue weighted by Gasteiger charge is -2.27. The van der Waals surface area contributed by atoms with E-state index >= 15 is 0 Å². The van der Waals surface area contributed by atoms with Gasteiger partial charge in [-0.25, -0.2) is 0 Å². The SMILES string of the molecule is CCCC(COC)NC(=O)CC1CCC(CN)CC1. The van der Waals surface area contributed by atoms with Crippen molar-refractivity contribution in [3.63, 3.8) is 0 Å². The number of amides is 1. The number of carbonyl (C=O) groups is 1. The van der Waals surface area contributed by atoms with Crippen molar-refractivity contribution < 1.29 is 9.53 Å². The molecule has 1 amide bonds. The molecule has 19 heavy (non-hydrogen) atoms. The second-order valence-electron chi connectivity index (χ2n) is 5.84. The first-order chi connectivity index (χ1) is 9.19. The molecule has 0 spiro atoms. The predicted molar refractivity (Wildman–Crippen MR) is 77.8 cm³/mol. The summed E-state index contributed by atoms with van der Waals surface area (Å²) in [4.78, 5) is 12.0. The highest BCUT2D eigenvalue weighted by Gasteiger charge is 2.23. The van der Waals surface area contributed by atoms with Crippen LogP contribution in [-0.4, -0.2) is 32.2 Å². The van der Waals surface area contributed by atoms with Crippen molar-refractivity contribution in [3.05, 3.63) is 0 Å². The van der Waals surface area contributed by atoms with E-state index in [1.165, 1.54) is 12.8 Å². The summed E-state index contributed by atoms with van der Waals surface area (Å²) >= 11 is 0. The lowest BCUT2D eigenvalue weighted by molar-refractivity contribution is -0.123. The fourth-order valence-corrected chi connectivity index (χ4v) is 2.97. The first-order valence-electron chi connectivity index (χ1n) is 7.67. The van der Waals surface area contributed by atoms with Crippen LogP contribution in [0.3, 0.4) is 0 Å². The zero-order valence-corrected chi connectivity index (χ0v) is 12.5. The fraction of sp³-hybridized carbons (Fsp3) is 0.933. The van der Waals surface area contributed by atoms with Gasteiger partial charge in [0, 0.05) is 13.5 Å². The fourth-order valence-electron chi connectivity index (χ4n) is 2.97. The number of nitrogens with one attached hydrogen (secondary N) is 1. The molecule has 1 atom stereocenters. The van der Waals surface area contributed by atoms with Gasteiger partial charge in [-0.3, -0.25) is 4.79 Å². The largest absolute Gasteiger partial charge is 0.383 e. The van der Waals surface area contributed by atoms with Crippen LogP contribution in [0.5, 0.6) is 0 Å². The number of hydrogen-bond acceptors (Lipinski definition) is 3. The molecule has 0 aromatic rings. The molecule has 3 N–H and O–H groups in total. The summed E-state index contributed by atoms with van der Waals surface area (Å²) in [5, 5.41) is 3.10. The van der Waals surface area contributed by atoms with Gasteiger partial charge in [0.05, 0.1) is 12.6 Å². The third-order valence-corrected chi connectivity index (χ3v) is 4.14. The third-order valence-electron chi connectivity index (χ3n) is 4.14. The Balaban J connectivity index is 2.26. The molecule has 0 radical (unpaired) electrons. The van der Waals surface area contributed by atoms with Crippen molar-refractivity contribution >= 4 is 5.91 Å². The molecule has 1 saturated carbocycles. The second-order valence-corrected chi connectivity index (χ2v) is 5.84. The molecule has 0 aliphatic heterocycles. The van der Waals surface area contributed by atoms with Gasteiger partial charge in [-0.05, 0) is 50.5 Å². The van der Waals surface area contributed by atoms with Gasteiger partial charge in [0.15, 0.2) is 0 Å². The van der Waals surface area contributed by atoms with Crippen molar-refractivity contribution in [1.29, 1.82) is 0 Å². The topological polar surface area (TPSA) is 64.3 Å². The minimum atomic E-state index is 0.169. The van der Waals surface area contributed by atoms with Crippen LogP contribution >= 0.6 is 0 Å². The summed E-state index contributed by atoms with van der Waals surface area (Å²) < 4.78 is 5.15. The van der Waals surface area contributed by atoms with Gasteiger partial charge < -0.3 is 15.8 Å². The lowest BCUT2D eigenvalue weighted by atomic mass is 9.80. The van der Waals surface area contributed by atoms with Crippen LogP contribution in [0, 0.1) is 11.8 Å². The zero-order valence-electron chi connectivity index (χ0n) is 12.5. The van der Waals surface area contributed by atoms with E-state index in [0.717, 1.165) is 32.2 Å². The molecule has 1 aliphatic rings. The summed E-state index contributed by atoms with van der Waals surface area (Å²) in [6.45, 7) is 3.54. The van der Waals surface area contributed by atoms with Gasteiger partial charge in [0.25, 0.3) is 0 Å². The van der Waals surface area contributed by atoms with Gasteiger partial charge in [-0.2, -0.15) is 0 Å². The molecule has 0 bridgehead atoms. The minimum absolute atomic E-state index is 0.169. The first kappa shape index (κ1) is 16.4. The Hall–Kier alpha value is -0.610. The molecule has 1 fully saturated rings. The lowest BCUT2D eigenvalue weighted by Crippen LogP contribution is -2.39. The maximum absolute atomic E-state index is 12.0. The Labute approximate surface area is 117 Å². The van der Waals surface area contributed by atoms with E-state index in [-0.39, 0.29) is 11.9 Å². The van der Waals surface area contributed by atoms with Crippen LogP contribution in [0.25, 0.3) is 0 Å². The molecule has 4 heteroatoms. The van der Waals surface area contributed by atoms with Crippen molar-refractivity contribution in [1.82, 2.24) is 5.32 Å². The maximum atomic E-state index is 12.0. The van der Waals surface area contributed by atoms with E-state index in [4.69, 9.17) is 10.5 Å². The van der Waals surface area contributed by atoms with Crippen LogP contribution < -0.4 is 11.1 Å². The van der Waals surface area contributed by atoms with Crippen LogP contribution in [0.1, 0.15) is 51.9 Å². The predicted octanol–water partition coefficient (Wildman–Crippen LogP) is 2.07. The van der Waals surface area contributed by atoms with Crippen molar-refractivity contribution in [2.24, 2.45) is 17.6 Å². The Bertz CT molecular complexity index is 245. The Morgan fingerprint density at radius 1 is 1.32 bits per heavy atom. The van der Waals surface area contributed by atoms with Crippen LogP contribution in [0.4, 0.5) is 0 Å². The Morgan fingerprint density at radius 2 is 1.95 bits per heavy atom. The molecule has 0 heterocycles. The summed E-state index contributed by atoms with van der Waals surface area (Å²) in [7, 11) is 1.68. The van der Waals surface area contributed by atoms with Crippen molar-refractivity contribution in [2.75, 3.05) is 20.3 Å². The molecule has 0 saturated heterocycles. The normalized spacial score (nSPS) is 25.0. The molecule has 1 unspecified atom stereocenters. The third kappa shape index (κ3) is 6.39. The zero-order chi connectivity index (χ0) is 14.1. The smallest absolute Gasteiger partial charge is 0.220 e. The average Bonchev–Trinajstić information content (AvgIpc) is 2.40. The molecule has 0 aromatic carbocycles. The number of rotatable bonds is 8. The van der Waals surface area contributed by atoms with Gasteiger partial charge >= 0.3 is 0 Å². The van der Waals surface area contributed by atoms with E-state index in [0.29, 0.717) is 24.9 Å². The van der Waals surface area contributed by atoms with Gasteiger partial charge in [-0.15, -0.1) is 0 Å². The molecule has 0 aromatic heterocycles. The Morgan fingerprint density at radius 3 is 2.47 bits per heavy atom. The highest BCUT2D eigenvalue weighted by molar-refractivity contribution is 5.76. The standard InChI is InChI=1S/C15H30N2O2/c1-3-4-14(11-19-2)17-15(18)9-12-5-7-13(10-16)8-6-12/h12-14H,3-11,16H2,1-2H3,(H,17,18). The summed E-state index contributed by atoms with van der Waals surface area (Å²) in [6.07, 6.45) is 7.39. The number of carbonyl (C=O) groups excluding carboxylic acids is 1. The van der Waals surface area contributed by atoms with Crippen LogP contribution in [0.2, 0.25) is 0 Å². The van der Waals surface area contributed by atoms with Gasteiger partial charge in [-0.1, -0.05) is 13.3 Å². The Kier molecular flexibility index (Phi) is 8.07. The van der Waals surface area contributed by atoms with Crippen molar-refractivity contribution in [2.45, 2.75) is 57.9 Å². The van der Waals surface area contributed by atoms with E-state index < -0.39 is 0 Å². The van der Waals surface area contributed by atoms with Crippen LogP contribution in [-0.2, 0) is 9.53 Å². The average molecular weight is 270 g/mol. The monoisotopic (exact) mass is 270 g/mol. The number of hydrogen-bond donors (Lipinski definition) is 2. The van der Waals surface area contributed by atoms with E-state index in [2.05, 4.69) is 12.2 Å². The summed E-state index contributed by atoms with van der Waals surface area (Å²) in [5.74, 6) is 1.42. The van der Waals surface area contributed by atoms with E-state index in [9.17, 15) is 4.79 Å². The second kappa shape index (κ2) is 9.32. The molecular weight excluding hydrogens is 240 g/mol. The van der Waals surface area contributed by atoms with Crippen molar-refractivity contribution in [3.8, 4) is 0 Å². The molecule has 112 valence electrons. The quantitative estimate of drug-likeness (QED) is 0.709. The van der Waals surface area contributed by atoms with E-state index in [1.54, 1.807) is 7.11 Å². The number of methoxy groups -OCH3 is 1. The maximum Gasteiger partial charge on any atom is 0.220 e. The molecule has 4 nitrogen and oxygen atoms in total. The number of ether oxygens (including phenoxy) is 1.